The molecule has 0 aliphatic heterocycles. The second-order valence-electron chi connectivity index (χ2n) is 7.47. The lowest BCUT2D eigenvalue weighted by molar-refractivity contribution is 0.0727. The van der Waals surface area contributed by atoms with Gasteiger partial charge in [0.25, 0.3) is 5.91 Å². The van der Waals surface area contributed by atoms with Crippen molar-refractivity contribution in [2.75, 3.05) is 34.3 Å². The summed E-state index contributed by atoms with van der Waals surface area (Å²) in [4.78, 5) is 24.9. The van der Waals surface area contributed by atoms with E-state index in [1.807, 2.05) is 54.2 Å². The first-order chi connectivity index (χ1) is 14.9. The molecule has 0 saturated carbocycles. The van der Waals surface area contributed by atoms with Crippen LogP contribution in [0.25, 0.3) is 16.6 Å². The fourth-order valence-electron chi connectivity index (χ4n) is 3.22. The summed E-state index contributed by atoms with van der Waals surface area (Å²) in [6.07, 6.45) is 2.49. The van der Waals surface area contributed by atoms with Gasteiger partial charge in [-0.1, -0.05) is 12.1 Å². The normalized spacial score (nSPS) is 11.7. The Labute approximate surface area is 181 Å². The van der Waals surface area contributed by atoms with Crippen molar-refractivity contribution in [3.8, 4) is 5.75 Å². The lowest BCUT2D eigenvalue weighted by Gasteiger charge is -2.24. The van der Waals surface area contributed by atoms with Crippen molar-refractivity contribution in [2.24, 2.45) is 5.73 Å². The summed E-state index contributed by atoms with van der Waals surface area (Å²) >= 11 is 0. The zero-order chi connectivity index (χ0) is 22.4. The monoisotopic (exact) mass is 420 g/mol. The molecule has 0 unspecified atom stereocenters. The largest absolute Gasteiger partial charge is 0.497 e. The number of carbonyl (C=O) groups excluding carboxylic acids is 1. The molecule has 2 heterocycles. The van der Waals surface area contributed by atoms with Crippen LogP contribution in [0.1, 0.15) is 21.7 Å². The van der Waals surface area contributed by atoms with Gasteiger partial charge in [-0.25, -0.2) is 4.98 Å². The first kappa shape index (κ1) is 22.0. The Balaban J connectivity index is 1.90. The zero-order valence-electron chi connectivity index (χ0n) is 18.1. The Kier molecular flexibility index (Phi) is 7.04. The number of fused-ring (bicyclic) bond motifs is 1. The highest BCUT2D eigenvalue weighted by Gasteiger charge is 2.19. The number of rotatable bonds is 9. The predicted octanol–water partition coefficient (Wildman–Crippen LogP) is 2.72. The molecular formula is C23H28N6O2. The van der Waals surface area contributed by atoms with Crippen LogP contribution in [-0.4, -0.2) is 66.2 Å². The number of pyridine rings is 1. The number of allylic oxidation sites excluding steroid dienone is 1. The number of benzene rings is 1. The predicted molar refractivity (Wildman–Crippen MR) is 123 cm³/mol. The number of methoxy groups -OCH3 is 1. The van der Waals surface area contributed by atoms with E-state index in [4.69, 9.17) is 15.9 Å². The SMILES string of the molecule is COc1cccc(CN(CCN(C)C)C(=O)c2cc3ccc(/C(C=N)=C/N)nc3[nH]2)c1. The van der Waals surface area contributed by atoms with E-state index in [0.29, 0.717) is 35.7 Å². The standard InChI is InChI=1S/C23H28N6O2/c1-28(2)9-10-29(15-16-5-4-6-19(11-16)31-3)23(30)21-12-17-7-8-20(18(13-24)14-25)26-22(17)27-21/h4-8,11-14,24H,9-10,15,25H2,1-3H3,(H,26,27)/b18-14+,24-13?. The van der Waals surface area contributed by atoms with Gasteiger partial charge in [-0.2, -0.15) is 0 Å². The Hall–Kier alpha value is -3.65. The quantitative estimate of drug-likeness (QED) is 0.461. The van der Waals surface area contributed by atoms with Gasteiger partial charge < -0.3 is 30.7 Å². The second kappa shape index (κ2) is 9.90. The summed E-state index contributed by atoms with van der Waals surface area (Å²) < 4.78 is 5.31. The third kappa shape index (κ3) is 5.29. The van der Waals surface area contributed by atoms with Gasteiger partial charge in [0, 0.05) is 43.0 Å². The number of hydrogen-bond donors (Lipinski definition) is 3. The molecular weight excluding hydrogens is 392 g/mol. The van der Waals surface area contributed by atoms with Crippen LogP contribution < -0.4 is 10.5 Å². The van der Waals surface area contributed by atoms with Gasteiger partial charge >= 0.3 is 0 Å². The Morgan fingerprint density at radius 2 is 2.03 bits per heavy atom. The molecule has 1 amide bonds. The van der Waals surface area contributed by atoms with Crippen molar-refractivity contribution in [1.29, 1.82) is 5.41 Å². The molecule has 0 saturated heterocycles. The van der Waals surface area contributed by atoms with Crippen LogP contribution in [0.5, 0.6) is 5.75 Å². The highest BCUT2D eigenvalue weighted by atomic mass is 16.5. The lowest BCUT2D eigenvalue weighted by Crippen LogP contribution is -2.36. The van der Waals surface area contributed by atoms with Crippen LogP contribution in [0.3, 0.4) is 0 Å². The van der Waals surface area contributed by atoms with Gasteiger partial charge in [-0.3, -0.25) is 4.79 Å². The molecule has 0 radical (unpaired) electrons. The van der Waals surface area contributed by atoms with Crippen LogP contribution in [0.2, 0.25) is 0 Å². The maximum Gasteiger partial charge on any atom is 0.270 e. The van der Waals surface area contributed by atoms with E-state index in [1.54, 1.807) is 19.2 Å². The molecule has 4 N–H and O–H groups in total. The second-order valence-corrected chi connectivity index (χ2v) is 7.47. The molecule has 8 heteroatoms. The highest BCUT2D eigenvalue weighted by molar-refractivity contribution is 6.08. The number of H-pyrrole nitrogens is 1. The van der Waals surface area contributed by atoms with Crippen molar-refractivity contribution in [2.45, 2.75) is 6.54 Å². The fraction of sp³-hybridized carbons (Fsp3) is 0.261. The van der Waals surface area contributed by atoms with Gasteiger partial charge in [0.1, 0.15) is 17.1 Å². The Bertz CT molecular complexity index is 1100. The molecule has 2 aromatic heterocycles. The number of aromatic amines is 1. The summed E-state index contributed by atoms with van der Waals surface area (Å²) in [5.41, 5.74) is 8.69. The summed E-state index contributed by atoms with van der Waals surface area (Å²) in [6.45, 7) is 1.78. The average molecular weight is 421 g/mol. The summed E-state index contributed by atoms with van der Waals surface area (Å²) in [5, 5.41) is 8.28. The molecule has 1 aromatic carbocycles. The fourth-order valence-corrected chi connectivity index (χ4v) is 3.22. The molecule has 31 heavy (non-hydrogen) atoms. The molecule has 162 valence electrons. The van der Waals surface area contributed by atoms with E-state index in [0.717, 1.165) is 29.5 Å². The Morgan fingerprint density at radius 3 is 2.71 bits per heavy atom. The van der Waals surface area contributed by atoms with Crippen LogP contribution in [0, 0.1) is 5.41 Å². The van der Waals surface area contributed by atoms with E-state index in [9.17, 15) is 4.79 Å². The average Bonchev–Trinajstić information content (AvgIpc) is 3.20. The summed E-state index contributed by atoms with van der Waals surface area (Å²) in [7, 11) is 5.59. The number of hydrogen-bond acceptors (Lipinski definition) is 6. The third-order valence-electron chi connectivity index (χ3n) is 4.95. The van der Waals surface area contributed by atoms with Gasteiger partial charge in [-0.15, -0.1) is 0 Å². The van der Waals surface area contributed by atoms with E-state index >= 15 is 0 Å². The number of amides is 1. The minimum Gasteiger partial charge on any atom is -0.497 e. The lowest BCUT2D eigenvalue weighted by atomic mass is 10.2. The minimum absolute atomic E-state index is 0.106. The van der Waals surface area contributed by atoms with Crippen LogP contribution >= 0.6 is 0 Å². The van der Waals surface area contributed by atoms with Gasteiger partial charge in [0.15, 0.2) is 0 Å². The van der Waals surface area contributed by atoms with E-state index in [2.05, 4.69) is 9.97 Å². The van der Waals surface area contributed by atoms with Crippen LogP contribution in [-0.2, 0) is 6.54 Å². The van der Waals surface area contributed by atoms with Gasteiger partial charge in [0.05, 0.1) is 12.8 Å². The van der Waals surface area contributed by atoms with E-state index < -0.39 is 0 Å². The minimum atomic E-state index is -0.106. The van der Waals surface area contributed by atoms with Crippen LogP contribution in [0.4, 0.5) is 0 Å². The molecule has 3 aromatic rings. The number of likely N-dealkylation sites (N-methyl/N-ethyl adjacent to an activating group) is 1. The number of nitrogens with zero attached hydrogens (tertiary/aromatic N) is 3. The first-order valence-electron chi connectivity index (χ1n) is 9.94. The van der Waals surface area contributed by atoms with Crippen molar-refractivity contribution < 1.29 is 9.53 Å². The van der Waals surface area contributed by atoms with Gasteiger partial charge in [-0.05, 0) is 50.0 Å². The molecule has 0 atom stereocenters. The number of nitrogens with one attached hydrogen (secondary N) is 2. The van der Waals surface area contributed by atoms with Crippen molar-refractivity contribution in [3.05, 3.63) is 65.6 Å². The van der Waals surface area contributed by atoms with Crippen molar-refractivity contribution >= 4 is 28.7 Å². The third-order valence-corrected chi connectivity index (χ3v) is 4.95. The van der Waals surface area contributed by atoms with Crippen LogP contribution in [0.15, 0.2) is 48.7 Å². The number of carbonyl (C=O) groups is 1. The summed E-state index contributed by atoms with van der Waals surface area (Å²) in [6, 6.07) is 13.2. The smallest absolute Gasteiger partial charge is 0.270 e. The molecule has 3 rings (SSSR count). The molecule has 0 spiro atoms. The first-order valence-corrected chi connectivity index (χ1v) is 9.94. The van der Waals surface area contributed by atoms with Crippen molar-refractivity contribution in [1.82, 2.24) is 19.8 Å². The number of aromatic nitrogens is 2. The zero-order valence-corrected chi connectivity index (χ0v) is 18.1. The van der Waals surface area contributed by atoms with Crippen molar-refractivity contribution in [3.63, 3.8) is 0 Å². The maximum atomic E-state index is 13.4. The molecule has 0 aliphatic rings. The molecule has 8 nitrogen and oxygen atoms in total. The topological polar surface area (TPSA) is 111 Å². The maximum absolute atomic E-state index is 13.4. The molecule has 0 bridgehead atoms. The number of ether oxygens (including phenoxy) is 1. The highest BCUT2D eigenvalue weighted by Crippen LogP contribution is 2.20. The number of nitrogens with two attached hydrogens (primary N) is 1. The van der Waals surface area contributed by atoms with Gasteiger partial charge in [0.2, 0.25) is 0 Å². The molecule has 0 fully saturated rings. The molecule has 0 aliphatic carbocycles. The van der Waals surface area contributed by atoms with E-state index in [1.165, 1.54) is 6.20 Å². The van der Waals surface area contributed by atoms with E-state index in [-0.39, 0.29) is 5.91 Å². The Morgan fingerprint density at radius 1 is 1.23 bits per heavy atom. The summed E-state index contributed by atoms with van der Waals surface area (Å²) in [5.74, 6) is 0.653.